The highest BCUT2D eigenvalue weighted by molar-refractivity contribution is 5.70. The Balaban J connectivity index is 2.44. The minimum Gasteiger partial charge on any atom is -0.397 e. The van der Waals surface area contributed by atoms with Crippen molar-refractivity contribution in [2.45, 2.75) is 25.6 Å². The largest absolute Gasteiger partial charge is 0.410 e. The highest BCUT2D eigenvalue weighted by atomic mass is 16.7. The van der Waals surface area contributed by atoms with Crippen molar-refractivity contribution < 1.29 is 19.1 Å². The molecule has 2 amide bonds. The maximum Gasteiger partial charge on any atom is 0.410 e. The predicted molar refractivity (Wildman–Crippen MR) is 93.7 cm³/mol. The van der Waals surface area contributed by atoms with E-state index >= 15 is 0 Å². The second kappa shape index (κ2) is 8.73. The normalized spacial score (nSPS) is 10.8. The fourth-order valence-electron chi connectivity index (χ4n) is 2.41. The number of nitrogens with two attached hydrogens (primary N) is 1. The number of amides is 2. The molecule has 0 aliphatic carbocycles. The Morgan fingerprint density at radius 1 is 0.960 bits per heavy atom. The first kappa shape index (κ1) is 18.3. The summed E-state index contributed by atoms with van der Waals surface area (Å²) < 4.78 is 10.9. The maximum absolute atomic E-state index is 12.3. The van der Waals surface area contributed by atoms with Gasteiger partial charge in [0.25, 0.3) is 0 Å². The van der Waals surface area contributed by atoms with E-state index in [1.165, 1.54) is 0 Å². The van der Waals surface area contributed by atoms with E-state index in [-0.39, 0.29) is 0 Å². The first-order valence-electron chi connectivity index (χ1n) is 8.15. The average Bonchev–Trinajstić information content (AvgIpc) is 2.62. The van der Waals surface area contributed by atoms with E-state index in [0.717, 1.165) is 12.8 Å². The van der Waals surface area contributed by atoms with E-state index in [0.29, 0.717) is 17.7 Å². The van der Waals surface area contributed by atoms with Crippen molar-refractivity contribution in [2.75, 3.05) is 6.54 Å². The maximum atomic E-state index is 12.3. The highest BCUT2D eigenvalue weighted by Gasteiger charge is 2.42. The monoisotopic (exact) mass is 342 g/mol. The summed E-state index contributed by atoms with van der Waals surface area (Å²) in [5.41, 5.74) is 6.23. The fourth-order valence-corrected chi connectivity index (χ4v) is 2.41. The minimum atomic E-state index is -1.76. The van der Waals surface area contributed by atoms with Gasteiger partial charge in [-0.1, -0.05) is 74.0 Å². The van der Waals surface area contributed by atoms with Crippen LogP contribution in [-0.4, -0.2) is 18.7 Å². The van der Waals surface area contributed by atoms with Crippen LogP contribution in [0.3, 0.4) is 0 Å². The van der Waals surface area contributed by atoms with Crippen LogP contribution in [0.5, 0.6) is 0 Å². The van der Waals surface area contributed by atoms with Crippen LogP contribution in [-0.2, 0) is 15.3 Å². The van der Waals surface area contributed by atoms with Crippen molar-refractivity contribution in [2.24, 2.45) is 5.73 Å². The second-order valence-electron chi connectivity index (χ2n) is 5.44. The summed E-state index contributed by atoms with van der Waals surface area (Å²) in [5, 5.41) is 2.66. The van der Waals surface area contributed by atoms with Gasteiger partial charge in [-0.2, -0.15) is 0 Å². The van der Waals surface area contributed by atoms with Gasteiger partial charge < -0.3 is 20.5 Å². The summed E-state index contributed by atoms with van der Waals surface area (Å²) in [6, 6.07) is 17.5. The number of carbonyl (C=O) groups is 2. The molecule has 0 saturated heterocycles. The third-order valence-corrected chi connectivity index (χ3v) is 3.59. The summed E-state index contributed by atoms with van der Waals surface area (Å²) in [7, 11) is 0. The van der Waals surface area contributed by atoms with E-state index in [1.54, 1.807) is 48.5 Å². The highest BCUT2D eigenvalue weighted by Crippen LogP contribution is 2.35. The van der Waals surface area contributed by atoms with Crippen LogP contribution >= 0.6 is 0 Å². The minimum absolute atomic E-state index is 0.464. The Labute approximate surface area is 146 Å². The number of nitrogens with one attached hydrogen (secondary N) is 1. The Morgan fingerprint density at radius 2 is 1.48 bits per heavy atom. The van der Waals surface area contributed by atoms with Crippen LogP contribution < -0.4 is 11.1 Å². The quantitative estimate of drug-likeness (QED) is 0.595. The molecular formula is C19H22N2O4. The van der Waals surface area contributed by atoms with Crippen molar-refractivity contribution in [3.05, 3.63) is 71.8 Å². The van der Waals surface area contributed by atoms with Crippen LogP contribution in [0.1, 0.15) is 30.9 Å². The van der Waals surface area contributed by atoms with Gasteiger partial charge in [0, 0.05) is 17.7 Å². The zero-order valence-corrected chi connectivity index (χ0v) is 14.1. The van der Waals surface area contributed by atoms with Crippen LogP contribution in [0, 0.1) is 0 Å². The molecule has 0 aliphatic rings. The molecule has 6 heteroatoms. The Hall–Kier alpha value is -3.02. The summed E-state index contributed by atoms with van der Waals surface area (Å²) in [6.07, 6.45) is 0.00668. The Bertz CT molecular complexity index is 650. The number of carbonyl (C=O) groups excluding carboxylic acids is 2. The van der Waals surface area contributed by atoms with Crippen LogP contribution in [0.25, 0.3) is 0 Å². The molecule has 0 radical (unpaired) electrons. The van der Waals surface area contributed by atoms with Crippen molar-refractivity contribution >= 4 is 12.2 Å². The van der Waals surface area contributed by atoms with Crippen LogP contribution in [0.2, 0.25) is 0 Å². The topological polar surface area (TPSA) is 90.7 Å². The summed E-state index contributed by atoms with van der Waals surface area (Å²) >= 11 is 0. The lowest BCUT2D eigenvalue weighted by molar-refractivity contribution is -0.136. The zero-order valence-electron chi connectivity index (χ0n) is 14.1. The van der Waals surface area contributed by atoms with Gasteiger partial charge in [0.05, 0.1) is 0 Å². The standard InChI is InChI=1S/C19H22N2O4/c1-2-3-14-21-18(23)25-19(24-17(20)22,15-10-6-4-7-11-15)16-12-8-5-9-13-16/h4-13H,2-3,14H2,1H3,(H2,20,22)(H,21,23). The van der Waals surface area contributed by atoms with Crippen LogP contribution in [0.4, 0.5) is 9.59 Å². The molecule has 25 heavy (non-hydrogen) atoms. The predicted octanol–water partition coefficient (Wildman–Crippen LogP) is 3.51. The van der Waals surface area contributed by atoms with Crippen molar-refractivity contribution in [1.29, 1.82) is 0 Å². The molecule has 6 nitrogen and oxygen atoms in total. The van der Waals surface area contributed by atoms with Gasteiger partial charge in [0.15, 0.2) is 0 Å². The van der Waals surface area contributed by atoms with E-state index in [4.69, 9.17) is 15.2 Å². The molecule has 3 N–H and O–H groups in total. The third kappa shape index (κ3) is 4.73. The lowest BCUT2D eigenvalue weighted by Gasteiger charge is -2.32. The molecule has 2 rings (SSSR count). The van der Waals surface area contributed by atoms with E-state index in [1.807, 2.05) is 19.1 Å². The molecule has 0 spiro atoms. The van der Waals surface area contributed by atoms with Crippen molar-refractivity contribution in [3.8, 4) is 0 Å². The first-order chi connectivity index (χ1) is 12.1. The van der Waals surface area contributed by atoms with E-state index in [9.17, 15) is 9.59 Å². The molecule has 2 aromatic rings. The van der Waals surface area contributed by atoms with Gasteiger partial charge in [-0.15, -0.1) is 0 Å². The lowest BCUT2D eigenvalue weighted by Crippen LogP contribution is -2.43. The van der Waals surface area contributed by atoms with Gasteiger partial charge in [0.1, 0.15) is 0 Å². The molecule has 0 saturated carbocycles. The Morgan fingerprint density at radius 3 is 1.92 bits per heavy atom. The molecule has 0 heterocycles. The third-order valence-electron chi connectivity index (χ3n) is 3.59. The summed E-state index contributed by atoms with van der Waals surface area (Å²) in [4.78, 5) is 23.9. The van der Waals surface area contributed by atoms with Gasteiger partial charge >= 0.3 is 18.0 Å². The average molecular weight is 342 g/mol. The molecule has 0 aliphatic heterocycles. The van der Waals surface area contributed by atoms with E-state index in [2.05, 4.69) is 5.32 Å². The summed E-state index contributed by atoms with van der Waals surface area (Å²) in [5.74, 6) is -1.76. The molecule has 0 atom stereocenters. The van der Waals surface area contributed by atoms with E-state index < -0.39 is 18.0 Å². The Kier molecular flexibility index (Phi) is 6.39. The number of unbranched alkanes of at least 4 members (excludes halogenated alkanes) is 1. The number of primary amides is 1. The van der Waals surface area contributed by atoms with Crippen molar-refractivity contribution in [3.63, 3.8) is 0 Å². The van der Waals surface area contributed by atoms with Crippen LogP contribution in [0.15, 0.2) is 60.7 Å². The fraction of sp³-hybridized carbons (Fsp3) is 0.263. The molecule has 2 aromatic carbocycles. The lowest BCUT2D eigenvalue weighted by atomic mass is 9.97. The number of hydrogen-bond donors (Lipinski definition) is 2. The smallest absolute Gasteiger partial charge is 0.397 e. The zero-order chi connectivity index (χ0) is 18.1. The van der Waals surface area contributed by atoms with Gasteiger partial charge in [-0.05, 0) is 6.42 Å². The SMILES string of the molecule is CCCCNC(=O)OC(OC(N)=O)(c1ccccc1)c1ccccc1. The number of hydrogen-bond acceptors (Lipinski definition) is 4. The second-order valence-corrected chi connectivity index (χ2v) is 5.44. The molecular weight excluding hydrogens is 320 g/mol. The van der Waals surface area contributed by atoms with Gasteiger partial charge in [0.2, 0.25) is 0 Å². The molecule has 132 valence electrons. The van der Waals surface area contributed by atoms with Gasteiger partial charge in [-0.25, -0.2) is 9.59 Å². The molecule has 0 bridgehead atoms. The van der Waals surface area contributed by atoms with Crippen molar-refractivity contribution in [1.82, 2.24) is 5.32 Å². The summed E-state index contributed by atoms with van der Waals surface area (Å²) in [6.45, 7) is 2.48. The number of ether oxygens (including phenoxy) is 2. The van der Waals surface area contributed by atoms with Gasteiger partial charge in [-0.3, -0.25) is 0 Å². The number of rotatable bonds is 7. The molecule has 0 unspecified atom stereocenters. The molecule has 0 aromatic heterocycles. The number of benzene rings is 2. The number of alkyl carbamates (subject to hydrolysis) is 1. The first-order valence-corrected chi connectivity index (χ1v) is 8.15. The molecule has 0 fully saturated rings.